The maximum Gasteiger partial charge on any atom is 0.230 e. The number of thioether (sulfide) groups is 1. The van der Waals surface area contributed by atoms with Crippen LogP contribution < -0.4 is 5.32 Å². The van der Waals surface area contributed by atoms with Crippen LogP contribution in [0, 0.1) is 0 Å². The van der Waals surface area contributed by atoms with Crippen molar-refractivity contribution in [3.8, 4) is 11.4 Å². The van der Waals surface area contributed by atoms with Gasteiger partial charge in [-0.1, -0.05) is 23.9 Å². The Bertz CT molecular complexity index is 977. The first kappa shape index (κ1) is 16.4. The monoisotopic (exact) mass is 364 g/mol. The van der Waals surface area contributed by atoms with Gasteiger partial charge in [0.15, 0.2) is 0 Å². The van der Waals surface area contributed by atoms with Crippen LogP contribution in [-0.4, -0.2) is 26.6 Å². The minimum Gasteiger partial charge on any atom is -0.467 e. The smallest absolute Gasteiger partial charge is 0.230 e. The Morgan fingerprint density at radius 1 is 1.15 bits per heavy atom. The summed E-state index contributed by atoms with van der Waals surface area (Å²) in [6.07, 6.45) is 3.35. The maximum atomic E-state index is 11.9. The molecule has 0 saturated carbocycles. The first-order valence-corrected chi connectivity index (χ1v) is 9.09. The molecule has 0 aliphatic carbocycles. The number of para-hydroxylation sites is 2. The van der Waals surface area contributed by atoms with Crippen LogP contribution >= 0.6 is 11.8 Å². The third-order valence-electron chi connectivity index (χ3n) is 3.79. The highest BCUT2D eigenvalue weighted by Crippen LogP contribution is 2.22. The zero-order valence-electron chi connectivity index (χ0n) is 13.8. The normalized spacial score (nSPS) is 10.9. The highest BCUT2D eigenvalue weighted by atomic mass is 32.2. The second-order valence-corrected chi connectivity index (χ2v) is 6.63. The number of aromatic nitrogens is 3. The van der Waals surface area contributed by atoms with Crippen molar-refractivity contribution in [1.82, 2.24) is 20.3 Å². The van der Waals surface area contributed by atoms with Crippen LogP contribution in [0.5, 0.6) is 0 Å². The first-order valence-electron chi connectivity index (χ1n) is 8.11. The van der Waals surface area contributed by atoms with Gasteiger partial charge in [-0.3, -0.25) is 4.79 Å². The summed E-state index contributed by atoms with van der Waals surface area (Å²) in [5.74, 6) is 1.76. The Morgan fingerprint density at radius 2 is 2.08 bits per heavy atom. The van der Waals surface area contributed by atoms with Gasteiger partial charge in [-0.25, -0.2) is 9.97 Å². The molecule has 3 aromatic heterocycles. The number of amides is 1. The second-order valence-electron chi connectivity index (χ2n) is 5.63. The Labute approximate surface area is 154 Å². The van der Waals surface area contributed by atoms with Crippen molar-refractivity contribution in [1.29, 1.82) is 0 Å². The van der Waals surface area contributed by atoms with E-state index in [-0.39, 0.29) is 5.91 Å². The molecule has 3 heterocycles. The lowest BCUT2D eigenvalue weighted by Gasteiger charge is -2.03. The number of rotatable bonds is 6. The van der Waals surface area contributed by atoms with Gasteiger partial charge >= 0.3 is 0 Å². The zero-order chi connectivity index (χ0) is 17.8. The van der Waals surface area contributed by atoms with Crippen molar-refractivity contribution in [3.05, 3.63) is 66.8 Å². The molecule has 4 aromatic rings. The van der Waals surface area contributed by atoms with Crippen LogP contribution in [-0.2, 0) is 11.3 Å². The van der Waals surface area contributed by atoms with E-state index in [1.807, 2.05) is 42.5 Å². The number of nitrogens with zero attached hydrogens (tertiary/aromatic N) is 2. The van der Waals surface area contributed by atoms with Crippen molar-refractivity contribution >= 4 is 28.7 Å². The molecule has 1 aromatic carbocycles. The van der Waals surface area contributed by atoms with Crippen molar-refractivity contribution in [2.75, 3.05) is 5.75 Å². The second kappa shape index (κ2) is 7.45. The highest BCUT2D eigenvalue weighted by molar-refractivity contribution is 7.99. The number of carbonyl (C=O) groups excluding carboxylic acids is 1. The number of pyridine rings is 1. The number of carbonyl (C=O) groups is 1. The summed E-state index contributed by atoms with van der Waals surface area (Å²) >= 11 is 1.39. The van der Waals surface area contributed by atoms with Gasteiger partial charge in [0, 0.05) is 11.8 Å². The van der Waals surface area contributed by atoms with E-state index in [0.717, 1.165) is 33.2 Å². The third-order valence-corrected chi connectivity index (χ3v) is 4.73. The van der Waals surface area contributed by atoms with E-state index in [1.54, 1.807) is 18.5 Å². The molecule has 2 N–H and O–H groups in total. The Hall–Kier alpha value is -3.06. The lowest BCUT2D eigenvalue weighted by Crippen LogP contribution is -2.24. The van der Waals surface area contributed by atoms with Crippen molar-refractivity contribution in [3.63, 3.8) is 0 Å². The van der Waals surface area contributed by atoms with E-state index >= 15 is 0 Å². The van der Waals surface area contributed by atoms with Crippen LogP contribution in [0.4, 0.5) is 0 Å². The number of imidazole rings is 1. The molecule has 6 nitrogen and oxygen atoms in total. The van der Waals surface area contributed by atoms with Gasteiger partial charge in [0.25, 0.3) is 0 Å². The van der Waals surface area contributed by atoms with E-state index in [1.165, 1.54) is 11.8 Å². The molecule has 0 atom stereocenters. The molecule has 130 valence electrons. The molecular weight excluding hydrogens is 348 g/mol. The molecular formula is C19H16N4O2S. The first-order chi connectivity index (χ1) is 12.8. The van der Waals surface area contributed by atoms with Gasteiger partial charge in [-0.2, -0.15) is 0 Å². The molecule has 0 aliphatic rings. The summed E-state index contributed by atoms with van der Waals surface area (Å²) in [6.45, 7) is 0.394. The Kier molecular flexibility index (Phi) is 4.70. The predicted octanol–water partition coefficient (Wildman–Crippen LogP) is 3.63. The number of fused-ring (bicyclic) bond motifs is 1. The summed E-state index contributed by atoms with van der Waals surface area (Å²) < 4.78 is 5.18. The number of hydrogen-bond donors (Lipinski definition) is 2. The topological polar surface area (TPSA) is 83.8 Å². The predicted molar refractivity (Wildman–Crippen MR) is 101 cm³/mol. The molecule has 0 unspecified atom stereocenters. The largest absolute Gasteiger partial charge is 0.467 e. The highest BCUT2D eigenvalue weighted by Gasteiger charge is 2.07. The van der Waals surface area contributed by atoms with Gasteiger partial charge in [0.1, 0.15) is 11.6 Å². The summed E-state index contributed by atoms with van der Waals surface area (Å²) in [7, 11) is 0. The lowest BCUT2D eigenvalue weighted by atomic mass is 10.3. The van der Waals surface area contributed by atoms with Gasteiger partial charge < -0.3 is 14.7 Å². The quantitative estimate of drug-likeness (QED) is 0.511. The number of furan rings is 1. The van der Waals surface area contributed by atoms with Gasteiger partial charge in [-0.05, 0) is 36.4 Å². The molecule has 26 heavy (non-hydrogen) atoms. The fourth-order valence-corrected chi connectivity index (χ4v) is 3.16. The van der Waals surface area contributed by atoms with Crippen molar-refractivity contribution in [2.45, 2.75) is 11.6 Å². The van der Waals surface area contributed by atoms with Crippen LogP contribution in [0.2, 0.25) is 0 Å². The van der Waals surface area contributed by atoms with Crippen LogP contribution in [0.25, 0.3) is 22.4 Å². The molecule has 0 spiro atoms. The van der Waals surface area contributed by atoms with Crippen molar-refractivity contribution < 1.29 is 9.21 Å². The summed E-state index contributed by atoms with van der Waals surface area (Å²) in [5, 5.41) is 3.60. The number of hydrogen-bond acceptors (Lipinski definition) is 5. The minimum atomic E-state index is -0.0606. The van der Waals surface area contributed by atoms with E-state index in [4.69, 9.17) is 4.42 Å². The van der Waals surface area contributed by atoms with E-state index in [9.17, 15) is 4.79 Å². The van der Waals surface area contributed by atoms with Crippen LogP contribution in [0.1, 0.15) is 5.76 Å². The Morgan fingerprint density at radius 3 is 2.85 bits per heavy atom. The van der Waals surface area contributed by atoms with Gasteiger partial charge in [-0.15, -0.1) is 0 Å². The zero-order valence-corrected chi connectivity index (χ0v) is 14.6. The summed E-state index contributed by atoms with van der Waals surface area (Å²) in [4.78, 5) is 24.1. The molecule has 4 rings (SSSR count). The minimum absolute atomic E-state index is 0.0606. The number of benzene rings is 1. The molecule has 0 bridgehead atoms. The summed E-state index contributed by atoms with van der Waals surface area (Å²) in [6, 6.07) is 15.4. The van der Waals surface area contributed by atoms with Crippen molar-refractivity contribution in [2.24, 2.45) is 0 Å². The number of aromatic amines is 1. The standard InChI is InChI=1S/C19H16N4O2S/c24-17(20-11-14-4-3-9-25-14)12-26-18-8-7-13(10-21-18)19-22-15-5-1-2-6-16(15)23-19/h1-10H,11-12H2,(H,20,24)(H,22,23). The fourth-order valence-electron chi connectivity index (χ4n) is 2.48. The average molecular weight is 364 g/mol. The molecule has 0 fully saturated rings. The number of H-pyrrole nitrogens is 1. The molecule has 1 amide bonds. The van der Waals surface area contributed by atoms with E-state index in [2.05, 4.69) is 20.3 Å². The SMILES string of the molecule is O=C(CSc1ccc(-c2nc3ccccc3[nH]2)cn1)NCc1ccco1. The van der Waals surface area contributed by atoms with Crippen LogP contribution in [0.3, 0.4) is 0 Å². The van der Waals surface area contributed by atoms with E-state index in [0.29, 0.717) is 12.3 Å². The van der Waals surface area contributed by atoms with Gasteiger partial charge in [0.2, 0.25) is 5.91 Å². The molecule has 0 saturated heterocycles. The molecule has 0 aliphatic heterocycles. The number of nitrogens with one attached hydrogen (secondary N) is 2. The Balaban J connectivity index is 1.34. The third kappa shape index (κ3) is 3.78. The lowest BCUT2D eigenvalue weighted by molar-refractivity contribution is -0.118. The summed E-state index contributed by atoms with van der Waals surface area (Å²) in [5.41, 5.74) is 2.83. The molecule has 0 radical (unpaired) electrons. The maximum absolute atomic E-state index is 11.9. The average Bonchev–Trinajstić information content (AvgIpc) is 3.34. The van der Waals surface area contributed by atoms with E-state index < -0.39 is 0 Å². The molecule has 7 heteroatoms. The van der Waals surface area contributed by atoms with Crippen LogP contribution in [0.15, 0.2) is 70.4 Å². The van der Waals surface area contributed by atoms with Gasteiger partial charge in [0.05, 0.1) is 34.6 Å². The fraction of sp³-hybridized carbons (Fsp3) is 0.105.